The van der Waals surface area contributed by atoms with Crippen LogP contribution in [0.4, 0.5) is 5.69 Å². The molecule has 1 amide bonds. The van der Waals surface area contributed by atoms with Crippen LogP contribution in [-0.2, 0) is 11.5 Å². The summed E-state index contributed by atoms with van der Waals surface area (Å²) in [6.45, 7) is 0. The minimum atomic E-state index is -0.185. The third-order valence-corrected chi connectivity index (χ3v) is 5.33. The van der Waals surface area contributed by atoms with Gasteiger partial charge < -0.3 is 14.8 Å². The summed E-state index contributed by atoms with van der Waals surface area (Å²) in [5.41, 5.74) is 3.68. The SMILES string of the molecule is COc1ccc(OC)c(NC(=O)c2ccc(CSCc3ccccc3)cc2)c1. The lowest BCUT2D eigenvalue weighted by molar-refractivity contribution is 0.102. The van der Waals surface area contributed by atoms with Crippen molar-refractivity contribution >= 4 is 23.4 Å². The first-order valence-electron chi connectivity index (χ1n) is 8.93. The van der Waals surface area contributed by atoms with E-state index in [-0.39, 0.29) is 5.91 Å². The number of thioether (sulfide) groups is 1. The predicted molar refractivity (Wildman–Crippen MR) is 115 cm³/mol. The number of carbonyl (C=O) groups is 1. The molecule has 0 aliphatic carbocycles. The van der Waals surface area contributed by atoms with Crippen molar-refractivity contribution in [1.82, 2.24) is 0 Å². The van der Waals surface area contributed by atoms with E-state index in [1.54, 1.807) is 32.4 Å². The minimum Gasteiger partial charge on any atom is -0.497 e. The maximum Gasteiger partial charge on any atom is 0.255 e. The van der Waals surface area contributed by atoms with Crippen LogP contribution in [0.5, 0.6) is 11.5 Å². The lowest BCUT2D eigenvalue weighted by Gasteiger charge is -2.12. The number of carbonyl (C=O) groups excluding carboxylic acids is 1. The van der Waals surface area contributed by atoms with Crippen LogP contribution >= 0.6 is 11.8 Å². The topological polar surface area (TPSA) is 47.6 Å². The highest BCUT2D eigenvalue weighted by molar-refractivity contribution is 7.97. The number of hydrogen-bond donors (Lipinski definition) is 1. The molecule has 4 nitrogen and oxygen atoms in total. The van der Waals surface area contributed by atoms with Crippen molar-refractivity contribution < 1.29 is 14.3 Å². The van der Waals surface area contributed by atoms with Crippen LogP contribution in [0.3, 0.4) is 0 Å². The molecule has 144 valence electrons. The molecule has 0 saturated heterocycles. The van der Waals surface area contributed by atoms with Gasteiger partial charge in [0.15, 0.2) is 0 Å². The maximum atomic E-state index is 12.6. The van der Waals surface area contributed by atoms with Gasteiger partial charge in [0, 0.05) is 23.1 Å². The zero-order valence-corrected chi connectivity index (χ0v) is 16.8. The summed E-state index contributed by atoms with van der Waals surface area (Å²) in [5, 5.41) is 2.89. The lowest BCUT2D eigenvalue weighted by Crippen LogP contribution is -2.12. The summed E-state index contributed by atoms with van der Waals surface area (Å²) >= 11 is 1.85. The number of rotatable bonds is 8. The Morgan fingerprint density at radius 2 is 1.54 bits per heavy atom. The molecule has 3 aromatic rings. The third-order valence-electron chi connectivity index (χ3n) is 4.25. The Balaban J connectivity index is 1.59. The summed E-state index contributed by atoms with van der Waals surface area (Å²) < 4.78 is 10.5. The number of hydrogen-bond acceptors (Lipinski definition) is 4. The summed E-state index contributed by atoms with van der Waals surface area (Å²) in [6.07, 6.45) is 0. The Hall–Kier alpha value is -2.92. The molecule has 5 heteroatoms. The Morgan fingerprint density at radius 1 is 0.857 bits per heavy atom. The summed E-state index contributed by atoms with van der Waals surface area (Å²) in [5.74, 6) is 2.93. The van der Waals surface area contributed by atoms with E-state index in [9.17, 15) is 4.79 Å². The van der Waals surface area contributed by atoms with Crippen LogP contribution < -0.4 is 14.8 Å². The molecule has 3 rings (SSSR count). The molecule has 28 heavy (non-hydrogen) atoms. The molecule has 0 aliphatic heterocycles. The summed E-state index contributed by atoms with van der Waals surface area (Å²) in [4.78, 5) is 12.6. The number of nitrogens with one attached hydrogen (secondary N) is 1. The van der Waals surface area contributed by atoms with Gasteiger partial charge >= 0.3 is 0 Å². The highest BCUT2D eigenvalue weighted by Gasteiger charge is 2.11. The van der Waals surface area contributed by atoms with Crippen LogP contribution in [0, 0.1) is 0 Å². The van der Waals surface area contributed by atoms with Crippen molar-refractivity contribution in [3.63, 3.8) is 0 Å². The van der Waals surface area contributed by atoms with Crippen LogP contribution in [0.2, 0.25) is 0 Å². The van der Waals surface area contributed by atoms with Gasteiger partial charge in [0.25, 0.3) is 5.91 Å². The molecule has 0 aliphatic rings. The van der Waals surface area contributed by atoms with Crippen molar-refractivity contribution in [1.29, 1.82) is 0 Å². The van der Waals surface area contributed by atoms with Crippen molar-refractivity contribution in [2.24, 2.45) is 0 Å². The van der Waals surface area contributed by atoms with Gasteiger partial charge in [-0.25, -0.2) is 0 Å². The van der Waals surface area contributed by atoms with Crippen molar-refractivity contribution in [2.45, 2.75) is 11.5 Å². The smallest absolute Gasteiger partial charge is 0.255 e. The lowest BCUT2D eigenvalue weighted by atomic mass is 10.1. The van der Waals surface area contributed by atoms with Gasteiger partial charge in [-0.1, -0.05) is 42.5 Å². The standard InChI is InChI=1S/C23H23NO3S/c1-26-20-12-13-22(27-2)21(14-20)24-23(25)19-10-8-18(9-11-19)16-28-15-17-6-4-3-5-7-17/h3-14H,15-16H2,1-2H3,(H,24,25). The summed E-state index contributed by atoms with van der Waals surface area (Å²) in [6, 6.07) is 23.4. The number of ether oxygens (including phenoxy) is 2. The molecule has 1 N–H and O–H groups in total. The van der Waals surface area contributed by atoms with Gasteiger partial charge in [-0.05, 0) is 35.4 Å². The largest absolute Gasteiger partial charge is 0.497 e. The minimum absolute atomic E-state index is 0.185. The Morgan fingerprint density at radius 3 is 2.18 bits per heavy atom. The highest BCUT2D eigenvalue weighted by Crippen LogP contribution is 2.29. The molecular formula is C23H23NO3S. The zero-order chi connectivity index (χ0) is 19.8. The van der Waals surface area contributed by atoms with Crippen molar-refractivity contribution in [2.75, 3.05) is 19.5 Å². The Bertz CT molecular complexity index is 911. The van der Waals surface area contributed by atoms with Gasteiger partial charge in [0.1, 0.15) is 11.5 Å². The number of anilines is 1. The Labute approximate surface area is 169 Å². The van der Waals surface area contributed by atoms with E-state index in [1.165, 1.54) is 11.1 Å². The van der Waals surface area contributed by atoms with Gasteiger partial charge in [-0.15, -0.1) is 0 Å². The fraction of sp³-hybridized carbons (Fsp3) is 0.174. The second-order valence-electron chi connectivity index (χ2n) is 6.20. The average Bonchev–Trinajstić information content (AvgIpc) is 2.75. The maximum absolute atomic E-state index is 12.6. The fourth-order valence-corrected chi connectivity index (χ4v) is 3.68. The second kappa shape index (κ2) is 9.85. The van der Waals surface area contributed by atoms with Gasteiger partial charge in [0.05, 0.1) is 19.9 Å². The van der Waals surface area contributed by atoms with Gasteiger partial charge in [-0.3, -0.25) is 4.79 Å². The van der Waals surface area contributed by atoms with E-state index >= 15 is 0 Å². The van der Waals surface area contributed by atoms with E-state index < -0.39 is 0 Å². The quantitative estimate of drug-likeness (QED) is 0.557. The molecule has 0 atom stereocenters. The second-order valence-corrected chi connectivity index (χ2v) is 7.18. The zero-order valence-electron chi connectivity index (χ0n) is 16.0. The van der Waals surface area contributed by atoms with E-state index in [0.717, 1.165) is 11.5 Å². The molecular weight excluding hydrogens is 370 g/mol. The summed E-state index contributed by atoms with van der Waals surface area (Å²) in [7, 11) is 3.15. The van der Waals surface area contributed by atoms with Crippen LogP contribution in [0.1, 0.15) is 21.5 Å². The van der Waals surface area contributed by atoms with Crippen LogP contribution in [-0.4, -0.2) is 20.1 Å². The van der Waals surface area contributed by atoms with E-state index in [1.807, 2.05) is 42.1 Å². The highest BCUT2D eigenvalue weighted by atomic mass is 32.2. The molecule has 3 aromatic carbocycles. The fourth-order valence-electron chi connectivity index (χ4n) is 2.72. The molecule has 0 bridgehead atoms. The molecule has 0 aromatic heterocycles. The average molecular weight is 394 g/mol. The predicted octanol–water partition coefficient (Wildman–Crippen LogP) is 5.39. The molecule has 0 fully saturated rings. The third kappa shape index (κ3) is 5.30. The molecule has 0 spiro atoms. The van der Waals surface area contributed by atoms with E-state index in [2.05, 4.69) is 29.6 Å². The molecule has 0 unspecified atom stereocenters. The van der Waals surface area contributed by atoms with Crippen molar-refractivity contribution in [3.8, 4) is 11.5 Å². The number of amides is 1. The van der Waals surface area contributed by atoms with Crippen LogP contribution in [0.15, 0.2) is 72.8 Å². The van der Waals surface area contributed by atoms with E-state index in [0.29, 0.717) is 22.7 Å². The number of methoxy groups -OCH3 is 2. The first kappa shape index (κ1) is 19.8. The molecule has 0 radical (unpaired) electrons. The molecule has 0 saturated carbocycles. The van der Waals surface area contributed by atoms with Gasteiger partial charge in [-0.2, -0.15) is 11.8 Å². The van der Waals surface area contributed by atoms with E-state index in [4.69, 9.17) is 9.47 Å². The number of benzene rings is 3. The normalized spacial score (nSPS) is 10.4. The monoisotopic (exact) mass is 393 g/mol. The van der Waals surface area contributed by atoms with Gasteiger partial charge in [0.2, 0.25) is 0 Å². The Kier molecular flexibility index (Phi) is 6.98. The van der Waals surface area contributed by atoms with Crippen LogP contribution in [0.25, 0.3) is 0 Å². The first-order valence-corrected chi connectivity index (χ1v) is 10.1. The first-order chi connectivity index (χ1) is 13.7. The molecule has 0 heterocycles. The van der Waals surface area contributed by atoms with Crippen molar-refractivity contribution in [3.05, 3.63) is 89.5 Å².